The summed E-state index contributed by atoms with van der Waals surface area (Å²) in [5, 5.41) is 8.22. The Hall–Kier alpha value is -0.760. The van der Waals surface area contributed by atoms with Crippen LogP contribution >= 0.6 is 27.7 Å². The molecule has 0 radical (unpaired) electrons. The van der Waals surface area contributed by atoms with E-state index in [1.807, 2.05) is 0 Å². The van der Waals surface area contributed by atoms with Gasteiger partial charge in [0.15, 0.2) is 5.16 Å². The molecule has 1 aromatic rings. The van der Waals surface area contributed by atoms with E-state index in [0.29, 0.717) is 16.9 Å². The van der Waals surface area contributed by atoms with E-state index in [2.05, 4.69) is 30.9 Å². The lowest BCUT2D eigenvalue weighted by atomic mass is 10.5. The molecule has 1 rings (SSSR count). The van der Waals surface area contributed by atoms with Crippen LogP contribution in [0.3, 0.4) is 0 Å². The number of hydrogen-bond donors (Lipinski definition) is 1. The van der Waals surface area contributed by atoms with Crippen LogP contribution in [-0.4, -0.2) is 38.4 Å². The molecule has 1 unspecified atom stereocenters. The zero-order valence-corrected chi connectivity index (χ0v) is 10.7. The van der Waals surface area contributed by atoms with Gasteiger partial charge < -0.3 is 10.5 Å². The van der Waals surface area contributed by atoms with E-state index in [0.717, 1.165) is 0 Å². The van der Waals surface area contributed by atoms with Gasteiger partial charge in [-0.2, -0.15) is 0 Å². The van der Waals surface area contributed by atoms with Crippen molar-refractivity contribution >= 4 is 39.6 Å². The molecule has 0 aliphatic rings. The number of nitrogen functional groups attached to an aromatic ring is 1. The van der Waals surface area contributed by atoms with Crippen molar-refractivity contribution in [3.05, 3.63) is 0 Å². The topological polar surface area (TPSA) is 83.0 Å². The summed E-state index contributed by atoms with van der Waals surface area (Å²) < 4.78 is 6.22. The van der Waals surface area contributed by atoms with Gasteiger partial charge in [0.1, 0.15) is 4.83 Å². The number of esters is 1. The van der Waals surface area contributed by atoms with Crippen LogP contribution in [0.15, 0.2) is 5.16 Å². The Labute approximate surface area is 99.7 Å². The molecule has 1 heterocycles. The number of hydrogen-bond acceptors (Lipinski definition) is 6. The average Bonchev–Trinajstić information content (AvgIpc) is 2.55. The highest BCUT2D eigenvalue weighted by Gasteiger charge is 2.17. The number of alkyl halides is 1. The number of carbonyl (C=O) groups is 1. The summed E-state index contributed by atoms with van der Waals surface area (Å²) in [6.07, 6.45) is 0. The van der Waals surface area contributed by atoms with Crippen molar-refractivity contribution in [1.29, 1.82) is 0 Å². The molecule has 0 aromatic carbocycles. The lowest BCUT2D eigenvalue weighted by molar-refractivity contribution is -0.139. The number of nitrogens with zero attached hydrogens (tertiary/aromatic N) is 3. The van der Waals surface area contributed by atoms with Gasteiger partial charge in [0.05, 0.1) is 7.11 Å². The van der Waals surface area contributed by atoms with Crippen molar-refractivity contribution < 1.29 is 9.53 Å². The molecule has 2 N–H and O–H groups in total. The van der Waals surface area contributed by atoms with Crippen LogP contribution in [-0.2, 0) is 16.6 Å². The highest BCUT2D eigenvalue weighted by Crippen LogP contribution is 2.20. The number of methoxy groups -OCH3 is 1. The fraction of sp³-hybridized carbons (Fsp3) is 0.571. The second-order valence-corrected chi connectivity index (χ2v) is 4.79. The van der Waals surface area contributed by atoms with Crippen molar-refractivity contribution in [1.82, 2.24) is 14.8 Å². The van der Waals surface area contributed by atoms with Gasteiger partial charge in [-0.05, 0) is 0 Å². The maximum atomic E-state index is 11.1. The molecular formula is C7H11BrN4O2S. The SMILES string of the molecule is COC(=O)C(Br)CSc1nnc(N)n1C. The Morgan fingerprint density at radius 1 is 1.73 bits per heavy atom. The van der Waals surface area contributed by atoms with Gasteiger partial charge in [-0.1, -0.05) is 27.7 Å². The van der Waals surface area contributed by atoms with Crippen molar-refractivity contribution in [3.8, 4) is 0 Å². The lowest BCUT2D eigenvalue weighted by Gasteiger charge is -2.06. The number of anilines is 1. The minimum atomic E-state index is -0.356. The zero-order valence-electron chi connectivity index (χ0n) is 8.31. The Balaban J connectivity index is 2.50. The maximum Gasteiger partial charge on any atom is 0.320 e. The summed E-state index contributed by atoms with van der Waals surface area (Å²) in [6.45, 7) is 0. The van der Waals surface area contributed by atoms with Gasteiger partial charge in [0.2, 0.25) is 5.95 Å². The first-order valence-electron chi connectivity index (χ1n) is 4.05. The Bertz CT molecular complexity index is 357. The highest BCUT2D eigenvalue weighted by atomic mass is 79.9. The Morgan fingerprint density at radius 3 is 2.87 bits per heavy atom. The van der Waals surface area contributed by atoms with E-state index >= 15 is 0 Å². The molecular weight excluding hydrogens is 284 g/mol. The third kappa shape index (κ3) is 3.10. The van der Waals surface area contributed by atoms with Crippen LogP contribution in [0.2, 0.25) is 0 Å². The van der Waals surface area contributed by atoms with Crippen LogP contribution in [0, 0.1) is 0 Å². The van der Waals surface area contributed by atoms with E-state index in [1.54, 1.807) is 11.6 Å². The predicted molar refractivity (Wildman–Crippen MR) is 60.9 cm³/mol. The number of aromatic nitrogens is 3. The normalized spacial score (nSPS) is 12.5. The summed E-state index contributed by atoms with van der Waals surface area (Å²) in [6, 6.07) is 0. The van der Waals surface area contributed by atoms with E-state index in [-0.39, 0.29) is 10.8 Å². The fourth-order valence-electron chi connectivity index (χ4n) is 0.795. The van der Waals surface area contributed by atoms with Crippen LogP contribution in [0.5, 0.6) is 0 Å². The van der Waals surface area contributed by atoms with Crippen molar-refractivity contribution in [2.45, 2.75) is 9.98 Å². The fourth-order valence-corrected chi connectivity index (χ4v) is 2.20. The number of ether oxygens (including phenoxy) is 1. The first kappa shape index (κ1) is 12.3. The molecule has 1 atom stereocenters. The Morgan fingerprint density at radius 2 is 2.40 bits per heavy atom. The van der Waals surface area contributed by atoms with Gasteiger partial charge in [-0.25, -0.2) is 0 Å². The molecule has 1 aromatic heterocycles. The second kappa shape index (κ2) is 5.36. The van der Waals surface area contributed by atoms with Crippen LogP contribution < -0.4 is 5.73 Å². The van der Waals surface area contributed by atoms with Gasteiger partial charge in [0.25, 0.3) is 0 Å². The molecule has 0 amide bonds. The molecule has 8 heteroatoms. The van der Waals surface area contributed by atoms with E-state index in [4.69, 9.17) is 5.73 Å². The minimum Gasteiger partial charge on any atom is -0.468 e. The van der Waals surface area contributed by atoms with Crippen LogP contribution in [0.4, 0.5) is 5.95 Å². The first-order chi connectivity index (χ1) is 7.06. The molecule has 0 aliphatic heterocycles. The summed E-state index contributed by atoms with van der Waals surface area (Å²) in [4.78, 5) is 10.7. The van der Waals surface area contributed by atoms with Gasteiger partial charge >= 0.3 is 5.97 Å². The summed E-state index contributed by atoms with van der Waals surface area (Å²) in [7, 11) is 3.11. The molecule has 0 fully saturated rings. The number of thioether (sulfide) groups is 1. The smallest absolute Gasteiger partial charge is 0.320 e. The molecule has 84 valence electrons. The van der Waals surface area contributed by atoms with Gasteiger partial charge in [-0.15, -0.1) is 10.2 Å². The molecule has 6 nitrogen and oxygen atoms in total. The Kier molecular flexibility index (Phi) is 4.40. The molecule has 15 heavy (non-hydrogen) atoms. The maximum absolute atomic E-state index is 11.1. The minimum absolute atomic E-state index is 0.308. The largest absolute Gasteiger partial charge is 0.468 e. The molecule has 0 aliphatic carbocycles. The first-order valence-corrected chi connectivity index (χ1v) is 5.96. The number of carbonyl (C=O) groups excluding carboxylic acids is 1. The third-order valence-electron chi connectivity index (χ3n) is 1.68. The van der Waals surface area contributed by atoms with Crippen LogP contribution in [0.25, 0.3) is 0 Å². The molecule has 0 saturated carbocycles. The van der Waals surface area contributed by atoms with Gasteiger partial charge in [-0.3, -0.25) is 9.36 Å². The van der Waals surface area contributed by atoms with E-state index < -0.39 is 0 Å². The van der Waals surface area contributed by atoms with Crippen molar-refractivity contribution in [2.24, 2.45) is 7.05 Å². The average molecular weight is 295 g/mol. The van der Waals surface area contributed by atoms with E-state index in [9.17, 15) is 4.79 Å². The third-order valence-corrected chi connectivity index (χ3v) is 3.92. The molecule has 0 bridgehead atoms. The molecule has 0 spiro atoms. The summed E-state index contributed by atoms with van der Waals surface area (Å²) in [5.74, 6) is 0.554. The standard InChI is InChI=1S/C7H11BrN4O2S/c1-12-6(9)10-11-7(12)15-3-4(8)5(13)14-2/h4H,3H2,1-2H3,(H2,9,10). The second-order valence-electron chi connectivity index (χ2n) is 2.70. The van der Waals surface area contributed by atoms with Crippen molar-refractivity contribution in [3.63, 3.8) is 0 Å². The highest BCUT2D eigenvalue weighted by molar-refractivity contribution is 9.10. The number of nitrogens with two attached hydrogens (primary N) is 1. The number of halogens is 1. The number of rotatable bonds is 4. The lowest BCUT2D eigenvalue weighted by Crippen LogP contribution is -2.18. The quantitative estimate of drug-likeness (QED) is 0.492. The summed E-state index contributed by atoms with van der Waals surface area (Å²) >= 11 is 4.59. The molecule has 0 saturated heterocycles. The zero-order chi connectivity index (χ0) is 11.4. The van der Waals surface area contributed by atoms with Crippen molar-refractivity contribution in [2.75, 3.05) is 18.6 Å². The summed E-state index contributed by atoms with van der Waals surface area (Å²) in [5.41, 5.74) is 5.51. The van der Waals surface area contributed by atoms with Gasteiger partial charge in [0, 0.05) is 12.8 Å². The predicted octanol–water partition coefficient (Wildman–Crippen LogP) is 0.426. The monoisotopic (exact) mass is 294 g/mol. The van der Waals surface area contributed by atoms with Crippen LogP contribution in [0.1, 0.15) is 0 Å². The van der Waals surface area contributed by atoms with E-state index in [1.165, 1.54) is 18.9 Å².